The molecule has 5 heteroatoms. The van der Waals surface area contributed by atoms with Gasteiger partial charge in [-0.1, -0.05) is 33.1 Å². The number of unbranched alkanes of at least 4 members (excludes halogenated alkanes) is 3. The maximum absolute atomic E-state index is 12.0. The van der Waals surface area contributed by atoms with Crippen LogP contribution in [0.3, 0.4) is 0 Å². The van der Waals surface area contributed by atoms with Crippen LogP contribution < -0.4 is 11.1 Å². The first-order chi connectivity index (χ1) is 10.0. The number of nitrogen functional groups attached to an aromatic ring is 1. The van der Waals surface area contributed by atoms with Gasteiger partial charge in [0, 0.05) is 6.42 Å². The summed E-state index contributed by atoms with van der Waals surface area (Å²) >= 11 is 0. The Morgan fingerprint density at radius 2 is 1.90 bits per heavy atom. The standard InChI is InChI=1S/C16H24N2O3/c1-3-5-6-7-8-14(19)18-15-11(4-2)12(16(20)21)9-10-13(15)17/h9-10H,3-8,17H2,1-2H3,(H,18,19)(H,20,21). The molecule has 0 aliphatic carbocycles. The van der Waals surface area contributed by atoms with Crippen LogP contribution in [-0.4, -0.2) is 17.0 Å². The van der Waals surface area contributed by atoms with Crippen molar-refractivity contribution in [2.75, 3.05) is 11.1 Å². The second-order valence-corrected chi connectivity index (χ2v) is 5.07. The van der Waals surface area contributed by atoms with Crippen molar-refractivity contribution in [1.29, 1.82) is 0 Å². The maximum Gasteiger partial charge on any atom is 0.336 e. The maximum atomic E-state index is 12.0. The SMILES string of the molecule is CCCCCCC(=O)Nc1c(N)ccc(C(=O)O)c1CC. The van der Waals surface area contributed by atoms with Gasteiger partial charge in [-0.05, 0) is 30.5 Å². The van der Waals surface area contributed by atoms with E-state index in [1.165, 1.54) is 12.1 Å². The van der Waals surface area contributed by atoms with Crippen LogP contribution in [0.25, 0.3) is 0 Å². The highest BCUT2D eigenvalue weighted by Crippen LogP contribution is 2.28. The van der Waals surface area contributed by atoms with Crippen molar-refractivity contribution in [3.63, 3.8) is 0 Å². The molecule has 0 aliphatic heterocycles. The Kier molecular flexibility index (Phi) is 6.72. The van der Waals surface area contributed by atoms with E-state index >= 15 is 0 Å². The zero-order valence-electron chi connectivity index (χ0n) is 12.7. The largest absolute Gasteiger partial charge is 0.478 e. The molecule has 0 spiro atoms. The van der Waals surface area contributed by atoms with Crippen LogP contribution in [0.5, 0.6) is 0 Å². The number of amides is 1. The first-order valence-corrected chi connectivity index (χ1v) is 7.45. The molecule has 5 nitrogen and oxygen atoms in total. The summed E-state index contributed by atoms with van der Waals surface area (Å²) < 4.78 is 0. The van der Waals surface area contributed by atoms with Crippen LogP contribution in [0.15, 0.2) is 12.1 Å². The molecule has 0 radical (unpaired) electrons. The highest BCUT2D eigenvalue weighted by molar-refractivity contribution is 5.99. The first kappa shape index (κ1) is 17.0. The van der Waals surface area contributed by atoms with E-state index < -0.39 is 5.97 Å². The van der Waals surface area contributed by atoms with Gasteiger partial charge in [0.2, 0.25) is 5.91 Å². The van der Waals surface area contributed by atoms with Gasteiger partial charge in [0.25, 0.3) is 0 Å². The number of nitrogens with two attached hydrogens (primary N) is 1. The summed E-state index contributed by atoms with van der Waals surface area (Å²) in [4.78, 5) is 23.2. The van der Waals surface area contributed by atoms with Crippen LogP contribution >= 0.6 is 0 Å². The van der Waals surface area contributed by atoms with E-state index in [1.54, 1.807) is 0 Å². The Morgan fingerprint density at radius 3 is 2.48 bits per heavy atom. The van der Waals surface area contributed by atoms with Crippen molar-refractivity contribution in [3.05, 3.63) is 23.3 Å². The van der Waals surface area contributed by atoms with Crippen LogP contribution in [0.1, 0.15) is 61.9 Å². The van der Waals surface area contributed by atoms with Crippen molar-refractivity contribution in [2.24, 2.45) is 0 Å². The number of hydrogen-bond acceptors (Lipinski definition) is 3. The number of carboxylic acid groups (broad SMARTS) is 1. The van der Waals surface area contributed by atoms with Gasteiger partial charge in [0.05, 0.1) is 16.9 Å². The number of carbonyl (C=O) groups is 2. The molecule has 0 heterocycles. The third-order valence-electron chi connectivity index (χ3n) is 3.45. The quantitative estimate of drug-likeness (QED) is 0.505. The van der Waals surface area contributed by atoms with E-state index in [4.69, 9.17) is 5.73 Å². The molecule has 116 valence electrons. The van der Waals surface area contributed by atoms with Crippen molar-refractivity contribution in [1.82, 2.24) is 0 Å². The van der Waals surface area contributed by atoms with Gasteiger partial charge in [0.1, 0.15) is 0 Å². The second kappa shape index (κ2) is 8.29. The highest BCUT2D eigenvalue weighted by Gasteiger charge is 2.16. The van der Waals surface area contributed by atoms with Crippen molar-refractivity contribution in [3.8, 4) is 0 Å². The van der Waals surface area contributed by atoms with Gasteiger partial charge in [-0.15, -0.1) is 0 Å². The topological polar surface area (TPSA) is 92.4 Å². The van der Waals surface area contributed by atoms with Crippen molar-refractivity contribution < 1.29 is 14.7 Å². The van der Waals surface area contributed by atoms with Gasteiger partial charge in [-0.2, -0.15) is 0 Å². The lowest BCUT2D eigenvalue weighted by Gasteiger charge is -2.15. The molecule has 1 aromatic rings. The fraction of sp³-hybridized carbons (Fsp3) is 0.500. The summed E-state index contributed by atoms with van der Waals surface area (Å²) in [6.07, 6.45) is 5.02. The minimum atomic E-state index is -1.01. The first-order valence-electron chi connectivity index (χ1n) is 7.45. The lowest BCUT2D eigenvalue weighted by Crippen LogP contribution is -2.16. The number of aromatic carboxylic acids is 1. The van der Waals surface area contributed by atoms with E-state index in [1.807, 2.05) is 6.92 Å². The van der Waals surface area contributed by atoms with E-state index in [0.717, 1.165) is 25.7 Å². The summed E-state index contributed by atoms with van der Waals surface area (Å²) in [5.74, 6) is -1.12. The number of anilines is 2. The zero-order valence-corrected chi connectivity index (χ0v) is 12.7. The van der Waals surface area contributed by atoms with Gasteiger partial charge in [-0.3, -0.25) is 4.79 Å². The second-order valence-electron chi connectivity index (χ2n) is 5.07. The van der Waals surface area contributed by atoms with Gasteiger partial charge >= 0.3 is 5.97 Å². The Balaban J connectivity index is 2.84. The number of carbonyl (C=O) groups excluding carboxylic acids is 1. The molecule has 0 aromatic heterocycles. The van der Waals surface area contributed by atoms with Gasteiger partial charge in [0.15, 0.2) is 0 Å². The third kappa shape index (κ3) is 4.77. The molecule has 0 aliphatic rings. The molecule has 1 rings (SSSR count). The van der Waals surface area contributed by atoms with Gasteiger partial charge in [-0.25, -0.2) is 4.79 Å². The molecule has 4 N–H and O–H groups in total. The Hall–Kier alpha value is -2.04. The third-order valence-corrected chi connectivity index (χ3v) is 3.45. The molecule has 0 saturated carbocycles. The minimum absolute atomic E-state index is 0.116. The molecule has 21 heavy (non-hydrogen) atoms. The smallest absolute Gasteiger partial charge is 0.336 e. The Labute approximate surface area is 125 Å². The minimum Gasteiger partial charge on any atom is -0.478 e. The average molecular weight is 292 g/mol. The lowest BCUT2D eigenvalue weighted by atomic mass is 10.0. The summed E-state index contributed by atoms with van der Waals surface area (Å²) in [5, 5.41) is 12.0. The molecule has 1 aromatic carbocycles. The number of nitrogens with one attached hydrogen (secondary N) is 1. The summed E-state index contributed by atoms with van der Waals surface area (Å²) in [6, 6.07) is 3.00. The van der Waals surface area contributed by atoms with E-state index in [9.17, 15) is 14.7 Å². The molecule has 1 amide bonds. The van der Waals surface area contributed by atoms with E-state index in [0.29, 0.717) is 29.8 Å². The van der Waals surface area contributed by atoms with E-state index in [-0.39, 0.29) is 11.5 Å². The number of hydrogen-bond donors (Lipinski definition) is 3. The molecule has 0 bridgehead atoms. The molecule has 0 fully saturated rings. The van der Waals surface area contributed by atoms with Crippen LogP contribution in [-0.2, 0) is 11.2 Å². The fourth-order valence-corrected chi connectivity index (χ4v) is 2.30. The van der Waals surface area contributed by atoms with Crippen LogP contribution in [0, 0.1) is 0 Å². The Bertz CT molecular complexity index is 512. The lowest BCUT2D eigenvalue weighted by molar-refractivity contribution is -0.116. The normalized spacial score (nSPS) is 10.4. The highest BCUT2D eigenvalue weighted by atomic mass is 16.4. The van der Waals surface area contributed by atoms with Crippen molar-refractivity contribution in [2.45, 2.75) is 52.4 Å². The number of benzene rings is 1. The predicted octanol–water partition coefficient (Wildman–Crippen LogP) is 3.44. The molecule has 0 unspecified atom stereocenters. The Morgan fingerprint density at radius 1 is 1.19 bits per heavy atom. The van der Waals surface area contributed by atoms with E-state index in [2.05, 4.69) is 12.2 Å². The summed E-state index contributed by atoms with van der Waals surface area (Å²) in [7, 11) is 0. The fourth-order valence-electron chi connectivity index (χ4n) is 2.30. The van der Waals surface area contributed by atoms with Gasteiger partial charge < -0.3 is 16.2 Å². The molecule has 0 saturated heterocycles. The molecular formula is C16H24N2O3. The monoisotopic (exact) mass is 292 g/mol. The number of carboxylic acids is 1. The zero-order chi connectivity index (χ0) is 15.8. The predicted molar refractivity (Wildman–Crippen MR) is 84.6 cm³/mol. The average Bonchev–Trinajstić information content (AvgIpc) is 2.45. The van der Waals surface area contributed by atoms with Crippen molar-refractivity contribution >= 4 is 23.3 Å². The summed E-state index contributed by atoms with van der Waals surface area (Å²) in [5.41, 5.74) is 7.49. The summed E-state index contributed by atoms with van der Waals surface area (Å²) in [6.45, 7) is 3.96. The molecule has 0 atom stereocenters. The van der Waals surface area contributed by atoms with Crippen LogP contribution in [0.4, 0.5) is 11.4 Å². The number of rotatable bonds is 8. The molecular weight excluding hydrogens is 268 g/mol. The van der Waals surface area contributed by atoms with Crippen LogP contribution in [0.2, 0.25) is 0 Å².